The average Bonchev–Trinajstić information content (AvgIpc) is 3.44. The summed E-state index contributed by atoms with van der Waals surface area (Å²) in [7, 11) is 0. The first-order valence-electron chi connectivity index (χ1n) is 9.93. The maximum atomic E-state index is 13.3. The van der Waals surface area contributed by atoms with Crippen molar-refractivity contribution >= 4 is 46.3 Å². The Kier molecular flexibility index (Phi) is 7.78. The molecule has 0 bridgehead atoms. The zero-order valence-electron chi connectivity index (χ0n) is 16.9. The van der Waals surface area contributed by atoms with Gasteiger partial charge >= 0.3 is 6.18 Å². The molecule has 0 spiro atoms. The van der Waals surface area contributed by atoms with Crippen molar-refractivity contribution in [2.24, 2.45) is 0 Å². The van der Waals surface area contributed by atoms with E-state index in [-0.39, 0.29) is 11.7 Å². The number of nitrogens with one attached hydrogen (secondary N) is 2. The van der Waals surface area contributed by atoms with E-state index < -0.39 is 47.6 Å². The van der Waals surface area contributed by atoms with Crippen LogP contribution >= 0.6 is 22.9 Å². The van der Waals surface area contributed by atoms with Gasteiger partial charge in [0.2, 0.25) is 11.8 Å². The second-order valence-electron chi connectivity index (χ2n) is 7.35. The average molecular weight is 488 g/mol. The number of hydrogen-bond donors (Lipinski definition) is 2. The summed E-state index contributed by atoms with van der Waals surface area (Å²) in [5, 5.41) is 6.43. The normalized spacial score (nSPS) is 14.2. The molecule has 6 nitrogen and oxygen atoms in total. The van der Waals surface area contributed by atoms with Crippen molar-refractivity contribution in [3.63, 3.8) is 0 Å². The predicted molar refractivity (Wildman–Crippen MR) is 116 cm³/mol. The van der Waals surface area contributed by atoms with Crippen molar-refractivity contribution in [3.05, 3.63) is 51.2 Å². The van der Waals surface area contributed by atoms with Gasteiger partial charge in [-0.05, 0) is 42.5 Å². The molecule has 0 aliphatic heterocycles. The highest BCUT2D eigenvalue weighted by atomic mass is 35.5. The van der Waals surface area contributed by atoms with E-state index in [1.807, 2.05) is 0 Å². The largest absolute Gasteiger partial charge is 0.417 e. The van der Waals surface area contributed by atoms with Crippen LogP contribution < -0.4 is 15.5 Å². The van der Waals surface area contributed by atoms with Gasteiger partial charge in [0.15, 0.2) is 0 Å². The number of rotatable bonds is 7. The first kappa shape index (κ1) is 24.1. The van der Waals surface area contributed by atoms with E-state index >= 15 is 0 Å². The third kappa shape index (κ3) is 6.23. The lowest BCUT2D eigenvalue weighted by molar-refractivity contribution is -0.137. The number of hydrogen-bond acceptors (Lipinski definition) is 4. The summed E-state index contributed by atoms with van der Waals surface area (Å²) in [6.45, 7) is -0.972. The fourth-order valence-corrected chi connectivity index (χ4v) is 4.32. The number of alkyl halides is 3. The number of carbonyl (C=O) groups excluding carboxylic acids is 3. The number of anilines is 1. The zero-order chi connectivity index (χ0) is 23.3. The molecular weight excluding hydrogens is 467 g/mol. The molecule has 1 heterocycles. The number of benzene rings is 1. The molecule has 2 N–H and O–H groups in total. The van der Waals surface area contributed by atoms with Gasteiger partial charge in [0.05, 0.1) is 22.0 Å². The Labute approximate surface area is 191 Å². The van der Waals surface area contributed by atoms with E-state index in [0.717, 1.165) is 42.7 Å². The molecule has 3 amide bonds. The van der Waals surface area contributed by atoms with Crippen LogP contribution in [-0.2, 0) is 15.8 Å². The summed E-state index contributed by atoms with van der Waals surface area (Å²) in [4.78, 5) is 38.8. The molecule has 1 aromatic carbocycles. The summed E-state index contributed by atoms with van der Waals surface area (Å²) in [6.07, 6.45) is -1.14. The number of amides is 3. The van der Waals surface area contributed by atoms with E-state index in [9.17, 15) is 27.6 Å². The number of carbonyl (C=O) groups is 3. The van der Waals surface area contributed by atoms with Crippen LogP contribution in [0.4, 0.5) is 18.9 Å². The van der Waals surface area contributed by atoms with Gasteiger partial charge in [-0.15, -0.1) is 11.3 Å². The first-order chi connectivity index (χ1) is 15.1. The molecule has 1 aromatic heterocycles. The molecule has 11 heteroatoms. The molecule has 1 aliphatic carbocycles. The van der Waals surface area contributed by atoms with Gasteiger partial charge in [0.1, 0.15) is 6.54 Å². The van der Waals surface area contributed by atoms with Crippen LogP contribution in [0.1, 0.15) is 40.9 Å². The molecule has 2 aromatic rings. The summed E-state index contributed by atoms with van der Waals surface area (Å²) < 4.78 is 39.9. The topological polar surface area (TPSA) is 78.5 Å². The molecule has 172 valence electrons. The number of nitrogens with zero attached hydrogens (tertiary/aromatic N) is 1. The minimum absolute atomic E-state index is 0.0195. The Morgan fingerprint density at radius 1 is 1.16 bits per heavy atom. The van der Waals surface area contributed by atoms with Crippen LogP contribution in [0, 0.1) is 0 Å². The molecule has 1 aliphatic rings. The first-order valence-corrected chi connectivity index (χ1v) is 11.2. The maximum Gasteiger partial charge on any atom is 0.417 e. The summed E-state index contributed by atoms with van der Waals surface area (Å²) in [5.41, 5.74) is -1.26. The highest BCUT2D eigenvalue weighted by molar-refractivity contribution is 7.12. The van der Waals surface area contributed by atoms with Gasteiger partial charge in [-0.3, -0.25) is 14.4 Å². The fourth-order valence-electron chi connectivity index (χ4n) is 3.46. The lowest BCUT2D eigenvalue weighted by atomic mass is 10.1. The Bertz CT molecular complexity index is 976. The monoisotopic (exact) mass is 487 g/mol. The third-order valence-electron chi connectivity index (χ3n) is 5.04. The van der Waals surface area contributed by atoms with Crippen LogP contribution in [0.5, 0.6) is 0 Å². The van der Waals surface area contributed by atoms with Gasteiger partial charge in [-0.2, -0.15) is 13.2 Å². The lowest BCUT2D eigenvalue weighted by Crippen LogP contribution is -2.47. The molecule has 0 atom stereocenters. The second kappa shape index (κ2) is 10.4. The molecule has 0 saturated heterocycles. The molecule has 32 heavy (non-hydrogen) atoms. The number of thiophene rings is 1. The van der Waals surface area contributed by atoms with E-state index in [1.54, 1.807) is 17.5 Å². The van der Waals surface area contributed by atoms with Crippen molar-refractivity contribution in [3.8, 4) is 0 Å². The zero-order valence-corrected chi connectivity index (χ0v) is 18.4. The standard InChI is InChI=1S/C21H21ClF3N3O3S/c22-16-8-7-14(10-15(16)21(23,24)25)28(12-18(29)27-13-4-1-2-5-13)19(30)11-26-20(31)17-6-3-9-32-17/h3,6-10,13H,1-2,4-5,11-12H2,(H,26,31)(H,27,29). The molecule has 0 unspecified atom stereocenters. The van der Waals surface area contributed by atoms with Crippen molar-refractivity contribution in [1.29, 1.82) is 0 Å². The third-order valence-corrected chi connectivity index (χ3v) is 6.23. The van der Waals surface area contributed by atoms with Crippen molar-refractivity contribution in [1.82, 2.24) is 10.6 Å². The minimum Gasteiger partial charge on any atom is -0.352 e. The molecule has 0 radical (unpaired) electrons. The van der Waals surface area contributed by atoms with Crippen LogP contribution in [0.15, 0.2) is 35.7 Å². The second-order valence-corrected chi connectivity index (χ2v) is 8.71. The van der Waals surface area contributed by atoms with Gasteiger partial charge in [0, 0.05) is 11.7 Å². The number of halogens is 4. The highest BCUT2D eigenvalue weighted by Crippen LogP contribution is 2.37. The van der Waals surface area contributed by atoms with Crippen LogP contribution in [0.25, 0.3) is 0 Å². The highest BCUT2D eigenvalue weighted by Gasteiger charge is 2.34. The van der Waals surface area contributed by atoms with Crippen LogP contribution in [0.2, 0.25) is 5.02 Å². The van der Waals surface area contributed by atoms with Crippen molar-refractivity contribution in [2.75, 3.05) is 18.0 Å². The van der Waals surface area contributed by atoms with Crippen LogP contribution in [-0.4, -0.2) is 36.9 Å². The summed E-state index contributed by atoms with van der Waals surface area (Å²) in [6, 6.07) is 6.22. The quantitative estimate of drug-likeness (QED) is 0.613. The van der Waals surface area contributed by atoms with Crippen molar-refractivity contribution in [2.45, 2.75) is 37.9 Å². The van der Waals surface area contributed by atoms with E-state index in [0.29, 0.717) is 4.88 Å². The van der Waals surface area contributed by atoms with Gasteiger partial charge in [-0.1, -0.05) is 30.5 Å². The minimum atomic E-state index is -4.73. The lowest BCUT2D eigenvalue weighted by Gasteiger charge is -2.25. The fraction of sp³-hybridized carbons (Fsp3) is 0.381. The van der Waals surface area contributed by atoms with Crippen molar-refractivity contribution < 1.29 is 27.6 Å². The SMILES string of the molecule is O=C(CN(C(=O)CNC(=O)c1cccs1)c1ccc(Cl)c(C(F)(F)F)c1)NC1CCCC1. The van der Waals surface area contributed by atoms with E-state index in [2.05, 4.69) is 10.6 Å². The molecular formula is C21H21ClF3N3O3S. The molecule has 1 fully saturated rings. The summed E-state index contributed by atoms with van der Waals surface area (Å²) >= 11 is 6.87. The Hall–Kier alpha value is -2.59. The Morgan fingerprint density at radius 3 is 2.50 bits per heavy atom. The van der Waals surface area contributed by atoms with Gasteiger partial charge in [0.25, 0.3) is 5.91 Å². The van der Waals surface area contributed by atoms with E-state index in [1.165, 1.54) is 17.4 Å². The summed E-state index contributed by atoms with van der Waals surface area (Å²) in [5.74, 6) is -1.71. The van der Waals surface area contributed by atoms with E-state index in [4.69, 9.17) is 11.6 Å². The maximum absolute atomic E-state index is 13.3. The van der Waals surface area contributed by atoms with Gasteiger partial charge < -0.3 is 15.5 Å². The molecule has 3 rings (SSSR count). The molecule has 1 saturated carbocycles. The van der Waals surface area contributed by atoms with Crippen LogP contribution in [0.3, 0.4) is 0 Å². The Morgan fingerprint density at radius 2 is 1.88 bits per heavy atom. The smallest absolute Gasteiger partial charge is 0.352 e. The van der Waals surface area contributed by atoms with Gasteiger partial charge in [-0.25, -0.2) is 0 Å². The Balaban J connectivity index is 1.79. The predicted octanol–water partition coefficient (Wildman–Crippen LogP) is 4.24.